The smallest absolute Gasteiger partial charge is 0.397 e. The van der Waals surface area contributed by atoms with Crippen LogP contribution in [0.4, 0.5) is 0 Å². The van der Waals surface area contributed by atoms with E-state index >= 15 is 0 Å². The van der Waals surface area contributed by atoms with Crippen molar-refractivity contribution in [1.82, 2.24) is 10.3 Å². The molecule has 0 saturated carbocycles. The van der Waals surface area contributed by atoms with Gasteiger partial charge in [0.2, 0.25) is 12.2 Å². The number of hydrogen-bond acceptors (Lipinski definition) is 8. The molecule has 0 radical (unpaired) electrons. The van der Waals surface area contributed by atoms with E-state index in [-0.39, 0.29) is 6.08 Å². The Morgan fingerprint density at radius 3 is 2.80 bits per heavy atom. The SMILES string of the molecule is CC(=O)N[C@H]1[C@H](Oc2nc3cc(C)ccc3o2)O[C@H](CO)[C@@H](O)[C@@H]1O. The van der Waals surface area contributed by atoms with Crippen molar-refractivity contribution in [3.8, 4) is 6.08 Å². The van der Waals surface area contributed by atoms with Gasteiger partial charge in [-0.25, -0.2) is 0 Å². The molecule has 1 aromatic heterocycles. The van der Waals surface area contributed by atoms with Crippen LogP contribution in [0.2, 0.25) is 0 Å². The molecular formula is C16H20N2O7. The van der Waals surface area contributed by atoms with Crippen LogP contribution in [0.3, 0.4) is 0 Å². The van der Waals surface area contributed by atoms with Crippen molar-refractivity contribution in [2.24, 2.45) is 0 Å². The van der Waals surface area contributed by atoms with Crippen molar-refractivity contribution < 1.29 is 34.0 Å². The highest BCUT2D eigenvalue weighted by Crippen LogP contribution is 2.27. The lowest BCUT2D eigenvalue weighted by molar-refractivity contribution is -0.248. The zero-order chi connectivity index (χ0) is 18.1. The van der Waals surface area contributed by atoms with Crippen molar-refractivity contribution in [3.05, 3.63) is 23.8 Å². The molecule has 1 fully saturated rings. The number of amides is 1. The van der Waals surface area contributed by atoms with Gasteiger partial charge in [-0.05, 0) is 24.6 Å². The van der Waals surface area contributed by atoms with Crippen molar-refractivity contribution in [2.45, 2.75) is 44.5 Å². The van der Waals surface area contributed by atoms with Crippen LogP contribution >= 0.6 is 0 Å². The molecule has 1 saturated heterocycles. The molecule has 0 unspecified atom stereocenters. The van der Waals surface area contributed by atoms with Crippen LogP contribution in [-0.4, -0.2) is 63.5 Å². The monoisotopic (exact) mass is 352 g/mol. The molecule has 0 spiro atoms. The van der Waals surface area contributed by atoms with Gasteiger partial charge >= 0.3 is 6.08 Å². The standard InChI is InChI=1S/C16H20N2O7/c1-7-3-4-10-9(5-7)18-16(24-10)25-15-12(17-8(2)20)14(22)13(21)11(6-19)23-15/h3-5,11-15,19,21-22H,6H2,1-2H3,(H,17,20)/t11-,12-,13-,14-,15+/m1/s1. The van der Waals surface area contributed by atoms with E-state index in [0.29, 0.717) is 11.1 Å². The number of aliphatic hydroxyl groups is 3. The van der Waals surface area contributed by atoms with Crippen molar-refractivity contribution in [1.29, 1.82) is 0 Å². The highest BCUT2D eigenvalue weighted by Gasteiger charge is 2.46. The van der Waals surface area contributed by atoms with Gasteiger partial charge in [-0.3, -0.25) is 4.79 Å². The van der Waals surface area contributed by atoms with Crippen LogP contribution in [0.5, 0.6) is 6.08 Å². The molecule has 1 aliphatic rings. The molecule has 25 heavy (non-hydrogen) atoms. The van der Waals surface area contributed by atoms with Crippen LogP contribution in [0.1, 0.15) is 12.5 Å². The number of aromatic nitrogens is 1. The Bertz CT molecular complexity index is 762. The summed E-state index contributed by atoms with van der Waals surface area (Å²) in [5, 5.41) is 32.0. The van der Waals surface area contributed by atoms with E-state index in [2.05, 4.69) is 10.3 Å². The quantitative estimate of drug-likeness (QED) is 0.576. The summed E-state index contributed by atoms with van der Waals surface area (Å²) in [4.78, 5) is 15.6. The third-order valence-corrected chi connectivity index (χ3v) is 3.99. The zero-order valence-electron chi connectivity index (χ0n) is 13.7. The number of rotatable bonds is 4. The predicted octanol–water partition coefficient (Wildman–Crippen LogP) is -0.541. The number of carbonyl (C=O) groups excluding carboxylic acids is 1. The molecule has 5 atom stereocenters. The van der Waals surface area contributed by atoms with Gasteiger partial charge < -0.3 is 34.5 Å². The molecule has 2 aromatic rings. The number of benzene rings is 1. The topological polar surface area (TPSA) is 134 Å². The van der Waals surface area contributed by atoms with Crippen molar-refractivity contribution >= 4 is 17.0 Å². The first kappa shape index (κ1) is 17.6. The second-order valence-corrected chi connectivity index (χ2v) is 6.00. The van der Waals surface area contributed by atoms with E-state index in [1.165, 1.54) is 6.92 Å². The lowest BCUT2D eigenvalue weighted by Gasteiger charge is -2.41. The van der Waals surface area contributed by atoms with Gasteiger partial charge in [0.1, 0.15) is 29.9 Å². The van der Waals surface area contributed by atoms with E-state index < -0.39 is 43.2 Å². The van der Waals surface area contributed by atoms with Crippen molar-refractivity contribution in [3.63, 3.8) is 0 Å². The van der Waals surface area contributed by atoms with E-state index in [4.69, 9.17) is 13.9 Å². The van der Waals surface area contributed by atoms with Crippen LogP contribution in [0.15, 0.2) is 22.6 Å². The summed E-state index contributed by atoms with van der Waals surface area (Å²) in [5.41, 5.74) is 2.09. The summed E-state index contributed by atoms with van der Waals surface area (Å²) >= 11 is 0. The molecule has 9 nitrogen and oxygen atoms in total. The average molecular weight is 352 g/mol. The van der Waals surface area contributed by atoms with Crippen LogP contribution in [0, 0.1) is 6.92 Å². The molecule has 136 valence electrons. The molecule has 4 N–H and O–H groups in total. The fourth-order valence-corrected chi connectivity index (χ4v) is 2.74. The van der Waals surface area contributed by atoms with Gasteiger partial charge in [0, 0.05) is 6.92 Å². The molecule has 1 amide bonds. The first-order valence-corrected chi connectivity index (χ1v) is 7.82. The maximum atomic E-state index is 11.4. The highest BCUT2D eigenvalue weighted by molar-refractivity contribution is 5.74. The van der Waals surface area contributed by atoms with Gasteiger partial charge in [-0.1, -0.05) is 6.07 Å². The average Bonchev–Trinajstić information content (AvgIpc) is 2.95. The summed E-state index contributed by atoms with van der Waals surface area (Å²) in [6.07, 6.45) is -5.16. The number of fused-ring (bicyclic) bond motifs is 1. The highest BCUT2D eigenvalue weighted by atomic mass is 16.7. The number of nitrogens with zero attached hydrogens (tertiary/aromatic N) is 1. The summed E-state index contributed by atoms with van der Waals surface area (Å²) in [7, 11) is 0. The van der Waals surface area contributed by atoms with E-state index in [1.807, 2.05) is 19.1 Å². The summed E-state index contributed by atoms with van der Waals surface area (Å²) in [6.45, 7) is 2.64. The molecule has 1 aromatic carbocycles. The fraction of sp³-hybridized carbons (Fsp3) is 0.500. The summed E-state index contributed by atoms with van der Waals surface area (Å²) in [5.74, 6) is -0.441. The Labute approximate surface area is 143 Å². The van der Waals surface area contributed by atoms with Crippen molar-refractivity contribution in [2.75, 3.05) is 6.61 Å². The molecule has 9 heteroatoms. The lowest BCUT2D eigenvalue weighted by Crippen LogP contribution is -2.65. The minimum atomic E-state index is -1.40. The number of hydrogen-bond donors (Lipinski definition) is 4. The molecular weight excluding hydrogens is 332 g/mol. The van der Waals surface area contributed by atoms with Crippen LogP contribution in [-0.2, 0) is 9.53 Å². The molecule has 0 aliphatic carbocycles. The second-order valence-electron chi connectivity index (χ2n) is 6.00. The first-order chi connectivity index (χ1) is 11.9. The van der Waals surface area contributed by atoms with Crippen LogP contribution < -0.4 is 10.1 Å². The maximum absolute atomic E-state index is 11.4. The van der Waals surface area contributed by atoms with Crippen LogP contribution in [0.25, 0.3) is 11.1 Å². The largest absolute Gasteiger partial charge is 0.418 e. The molecule has 2 heterocycles. The fourth-order valence-electron chi connectivity index (χ4n) is 2.74. The van der Waals surface area contributed by atoms with Gasteiger partial charge in [-0.2, -0.15) is 4.98 Å². The van der Waals surface area contributed by atoms with Gasteiger partial charge in [-0.15, -0.1) is 0 Å². The Kier molecular flexibility index (Phi) is 4.91. The maximum Gasteiger partial charge on any atom is 0.397 e. The number of nitrogens with one attached hydrogen (secondary N) is 1. The minimum absolute atomic E-state index is 0.110. The van der Waals surface area contributed by atoms with Gasteiger partial charge in [0.05, 0.1) is 6.61 Å². The number of oxazole rings is 1. The Morgan fingerprint density at radius 1 is 1.36 bits per heavy atom. The Balaban J connectivity index is 1.86. The summed E-state index contributed by atoms with van der Waals surface area (Å²) in [6, 6.07) is 4.35. The summed E-state index contributed by atoms with van der Waals surface area (Å²) < 4.78 is 16.5. The normalized spacial score (nSPS) is 29.6. The third kappa shape index (κ3) is 3.59. The Hall–Kier alpha value is -2.20. The zero-order valence-corrected chi connectivity index (χ0v) is 13.7. The first-order valence-electron chi connectivity index (χ1n) is 7.82. The van der Waals surface area contributed by atoms with Gasteiger partial charge in [0.15, 0.2) is 5.58 Å². The molecule has 3 rings (SSSR count). The number of carbonyl (C=O) groups is 1. The Morgan fingerprint density at radius 2 is 2.12 bits per heavy atom. The minimum Gasteiger partial charge on any atom is -0.418 e. The number of aliphatic hydroxyl groups excluding tert-OH is 3. The van der Waals surface area contributed by atoms with E-state index in [9.17, 15) is 20.1 Å². The second kappa shape index (κ2) is 6.96. The number of ether oxygens (including phenoxy) is 2. The lowest BCUT2D eigenvalue weighted by atomic mass is 9.97. The third-order valence-electron chi connectivity index (χ3n) is 3.99. The molecule has 0 bridgehead atoms. The molecule has 1 aliphatic heterocycles. The predicted molar refractivity (Wildman–Crippen MR) is 84.7 cm³/mol. The number of aryl methyl sites for hydroxylation is 1. The van der Waals surface area contributed by atoms with E-state index in [1.54, 1.807) is 6.07 Å². The van der Waals surface area contributed by atoms with E-state index in [0.717, 1.165) is 5.56 Å². The van der Waals surface area contributed by atoms with Gasteiger partial charge in [0.25, 0.3) is 0 Å².